The standard InChI is InChI=1S/C19H34N4O3/c1-26-19(9-11-20-12-10-19)17(24)23-13-7-16(8-14-23)22-18(25)21-15-5-3-2-4-6-15/h15-16,20H,2-14H2,1H3,(H2,21,22,25). The second-order valence-electron chi connectivity index (χ2n) is 7.97. The minimum Gasteiger partial charge on any atom is -0.368 e. The first-order chi connectivity index (χ1) is 12.6. The fourth-order valence-corrected chi connectivity index (χ4v) is 4.51. The number of nitrogens with one attached hydrogen (secondary N) is 3. The van der Waals surface area contributed by atoms with Gasteiger partial charge in [0, 0.05) is 32.3 Å². The molecule has 0 atom stereocenters. The Balaban J connectivity index is 1.43. The largest absolute Gasteiger partial charge is 0.368 e. The lowest BCUT2D eigenvalue weighted by atomic mass is 9.89. The van der Waals surface area contributed by atoms with E-state index in [9.17, 15) is 9.59 Å². The molecule has 2 heterocycles. The second-order valence-corrected chi connectivity index (χ2v) is 7.97. The molecule has 2 aliphatic heterocycles. The fourth-order valence-electron chi connectivity index (χ4n) is 4.51. The van der Waals surface area contributed by atoms with Crippen molar-refractivity contribution >= 4 is 11.9 Å². The van der Waals surface area contributed by atoms with Gasteiger partial charge in [0.1, 0.15) is 5.60 Å². The molecule has 0 bridgehead atoms. The molecule has 0 spiro atoms. The zero-order chi connectivity index (χ0) is 18.4. The number of nitrogens with zero attached hydrogens (tertiary/aromatic N) is 1. The number of piperidine rings is 2. The number of amides is 3. The van der Waals surface area contributed by atoms with E-state index in [0.717, 1.165) is 51.6 Å². The van der Waals surface area contributed by atoms with Crippen molar-refractivity contribution in [3.63, 3.8) is 0 Å². The molecule has 3 fully saturated rings. The number of likely N-dealkylation sites (tertiary alicyclic amines) is 1. The van der Waals surface area contributed by atoms with Crippen LogP contribution in [0.1, 0.15) is 57.8 Å². The summed E-state index contributed by atoms with van der Waals surface area (Å²) in [6.07, 6.45) is 8.96. The van der Waals surface area contributed by atoms with Crippen molar-refractivity contribution in [3.05, 3.63) is 0 Å². The van der Waals surface area contributed by atoms with Crippen LogP contribution in [-0.4, -0.2) is 67.8 Å². The molecule has 3 aliphatic rings. The van der Waals surface area contributed by atoms with Crippen LogP contribution < -0.4 is 16.0 Å². The van der Waals surface area contributed by atoms with Gasteiger partial charge in [0.05, 0.1) is 0 Å². The van der Waals surface area contributed by atoms with Crippen molar-refractivity contribution in [3.8, 4) is 0 Å². The SMILES string of the molecule is COC1(C(=O)N2CCC(NC(=O)NC3CCCCC3)CC2)CCNCC1. The van der Waals surface area contributed by atoms with Crippen LogP contribution in [0.25, 0.3) is 0 Å². The summed E-state index contributed by atoms with van der Waals surface area (Å²) in [4.78, 5) is 27.1. The number of hydrogen-bond acceptors (Lipinski definition) is 4. The number of urea groups is 1. The van der Waals surface area contributed by atoms with E-state index in [1.807, 2.05) is 4.90 Å². The van der Waals surface area contributed by atoms with Crippen LogP contribution in [0.5, 0.6) is 0 Å². The Morgan fingerprint density at radius 2 is 1.54 bits per heavy atom. The predicted octanol–water partition coefficient (Wildman–Crippen LogP) is 1.38. The topological polar surface area (TPSA) is 82.7 Å². The molecule has 3 amide bonds. The van der Waals surface area contributed by atoms with Crippen LogP contribution in [-0.2, 0) is 9.53 Å². The van der Waals surface area contributed by atoms with Gasteiger partial charge in [0.25, 0.3) is 5.91 Å². The van der Waals surface area contributed by atoms with Gasteiger partial charge in [-0.3, -0.25) is 4.79 Å². The summed E-state index contributed by atoms with van der Waals surface area (Å²) < 4.78 is 5.66. The average molecular weight is 367 g/mol. The molecular formula is C19H34N4O3. The Hall–Kier alpha value is -1.34. The van der Waals surface area contributed by atoms with Gasteiger partial charge in [0.2, 0.25) is 0 Å². The van der Waals surface area contributed by atoms with Crippen LogP contribution >= 0.6 is 0 Å². The lowest BCUT2D eigenvalue weighted by molar-refractivity contribution is -0.159. The molecular weight excluding hydrogens is 332 g/mol. The van der Waals surface area contributed by atoms with Gasteiger partial charge in [-0.1, -0.05) is 19.3 Å². The molecule has 148 valence electrons. The van der Waals surface area contributed by atoms with Crippen molar-refractivity contribution in [2.75, 3.05) is 33.3 Å². The van der Waals surface area contributed by atoms with E-state index in [0.29, 0.717) is 19.1 Å². The maximum absolute atomic E-state index is 13.0. The number of hydrogen-bond donors (Lipinski definition) is 3. The third kappa shape index (κ3) is 4.68. The Morgan fingerprint density at radius 1 is 0.962 bits per heavy atom. The lowest BCUT2D eigenvalue weighted by Gasteiger charge is -2.41. The zero-order valence-electron chi connectivity index (χ0n) is 16.0. The quantitative estimate of drug-likeness (QED) is 0.702. The third-order valence-electron chi connectivity index (χ3n) is 6.25. The zero-order valence-corrected chi connectivity index (χ0v) is 16.0. The van der Waals surface area contributed by atoms with Crippen molar-refractivity contribution in [2.45, 2.75) is 75.5 Å². The molecule has 2 saturated heterocycles. The van der Waals surface area contributed by atoms with E-state index in [4.69, 9.17) is 4.74 Å². The monoisotopic (exact) mass is 366 g/mol. The van der Waals surface area contributed by atoms with E-state index in [1.54, 1.807) is 7.11 Å². The normalized spacial score (nSPS) is 24.9. The third-order valence-corrected chi connectivity index (χ3v) is 6.25. The summed E-state index contributed by atoms with van der Waals surface area (Å²) >= 11 is 0. The summed E-state index contributed by atoms with van der Waals surface area (Å²) in [5, 5.41) is 9.50. The van der Waals surface area contributed by atoms with Crippen molar-refractivity contribution < 1.29 is 14.3 Å². The van der Waals surface area contributed by atoms with Gasteiger partial charge >= 0.3 is 6.03 Å². The summed E-state index contributed by atoms with van der Waals surface area (Å²) in [7, 11) is 1.65. The van der Waals surface area contributed by atoms with Gasteiger partial charge < -0.3 is 25.6 Å². The molecule has 0 aromatic carbocycles. The van der Waals surface area contributed by atoms with E-state index < -0.39 is 5.60 Å². The number of methoxy groups -OCH3 is 1. The predicted molar refractivity (Wildman–Crippen MR) is 100.0 cm³/mol. The van der Waals surface area contributed by atoms with Gasteiger partial charge in [-0.25, -0.2) is 4.79 Å². The highest BCUT2D eigenvalue weighted by Crippen LogP contribution is 2.27. The fraction of sp³-hybridized carbons (Fsp3) is 0.895. The number of ether oxygens (including phenoxy) is 1. The number of carbonyl (C=O) groups is 2. The molecule has 26 heavy (non-hydrogen) atoms. The molecule has 0 aromatic heterocycles. The van der Waals surface area contributed by atoms with E-state index in [2.05, 4.69) is 16.0 Å². The van der Waals surface area contributed by atoms with Gasteiger partial charge in [0.15, 0.2) is 0 Å². The number of rotatable bonds is 4. The van der Waals surface area contributed by atoms with Crippen molar-refractivity contribution in [1.29, 1.82) is 0 Å². The lowest BCUT2D eigenvalue weighted by Crippen LogP contribution is -2.58. The minimum absolute atomic E-state index is 0.0478. The molecule has 3 N–H and O–H groups in total. The minimum atomic E-state index is -0.663. The van der Waals surface area contributed by atoms with Crippen LogP contribution in [0, 0.1) is 0 Å². The van der Waals surface area contributed by atoms with Crippen molar-refractivity contribution in [2.24, 2.45) is 0 Å². The molecule has 7 heteroatoms. The Morgan fingerprint density at radius 3 is 2.12 bits per heavy atom. The molecule has 7 nitrogen and oxygen atoms in total. The van der Waals surface area contributed by atoms with Gasteiger partial charge in [-0.05, 0) is 51.6 Å². The van der Waals surface area contributed by atoms with Crippen LogP contribution in [0.2, 0.25) is 0 Å². The highest BCUT2D eigenvalue weighted by molar-refractivity contribution is 5.85. The van der Waals surface area contributed by atoms with Crippen LogP contribution in [0.4, 0.5) is 4.79 Å². The highest BCUT2D eigenvalue weighted by Gasteiger charge is 2.43. The summed E-state index contributed by atoms with van der Waals surface area (Å²) in [5.41, 5.74) is -0.663. The summed E-state index contributed by atoms with van der Waals surface area (Å²) in [6, 6.07) is 0.425. The van der Waals surface area contributed by atoms with Crippen LogP contribution in [0.15, 0.2) is 0 Å². The molecule has 1 saturated carbocycles. The molecule has 0 radical (unpaired) electrons. The molecule has 0 unspecified atom stereocenters. The smallest absolute Gasteiger partial charge is 0.315 e. The van der Waals surface area contributed by atoms with Gasteiger partial charge in [-0.15, -0.1) is 0 Å². The first-order valence-electron chi connectivity index (χ1n) is 10.3. The maximum atomic E-state index is 13.0. The summed E-state index contributed by atoms with van der Waals surface area (Å²) in [5.74, 6) is 0.117. The number of carbonyl (C=O) groups excluding carboxylic acids is 2. The summed E-state index contributed by atoms with van der Waals surface area (Å²) in [6.45, 7) is 3.01. The van der Waals surface area contributed by atoms with Gasteiger partial charge in [-0.2, -0.15) is 0 Å². The maximum Gasteiger partial charge on any atom is 0.315 e. The Labute approximate surface area is 156 Å². The molecule has 3 rings (SSSR count). The molecule has 1 aliphatic carbocycles. The van der Waals surface area contributed by atoms with Crippen molar-refractivity contribution in [1.82, 2.24) is 20.9 Å². The first-order valence-corrected chi connectivity index (χ1v) is 10.3. The van der Waals surface area contributed by atoms with E-state index in [1.165, 1.54) is 19.3 Å². The average Bonchev–Trinajstić information content (AvgIpc) is 2.69. The first kappa shape index (κ1) is 19.4. The van der Waals surface area contributed by atoms with E-state index in [-0.39, 0.29) is 18.0 Å². The Kier molecular flexibility index (Phi) is 6.75. The Bertz CT molecular complexity index is 479. The van der Waals surface area contributed by atoms with E-state index >= 15 is 0 Å². The second kappa shape index (κ2) is 9.04. The van der Waals surface area contributed by atoms with Crippen LogP contribution in [0.3, 0.4) is 0 Å². The highest BCUT2D eigenvalue weighted by atomic mass is 16.5. The molecule has 0 aromatic rings.